The number of ketones is 2. The molecule has 3 N–H and O–H groups in total. The molecule has 0 radical (unpaired) electrons. The highest BCUT2D eigenvalue weighted by Gasteiger charge is 2.51. The fourth-order valence-corrected chi connectivity index (χ4v) is 3.48. The maximum atomic E-state index is 11.9. The van der Waals surface area contributed by atoms with Crippen molar-refractivity contribution >= 4 is 27.4 Å². The summed E-state index contributed by atoms with van der Waals surface area (Å²) in [5.41, 5.74) is 7.59. The molecule has 0 saturated carbocycles. The van der Waals surface area contributed by atoms with Crippen molar-refractivity contribution in [1.82, 2.24) is 0 Å². The predicted molar refractivity (Wildman–Crippen MR) is 115 cm³/mol. The molecule has 0 amide bonds. The third kappa shape index (κ3) is 6.19. The summed E-state index contributed by atoms with van der Waals surface area (Å²) in [6.07, 6.45) is 0. The number of carbonyl (C=O) groups excluding carboxylic acids is 2. The average molecular weight is 454 g/mol. The SMILES string of the molecule is Oc1ccccc1.Oc1ccccc1.[N-]=[N+]=C1C(=O)c2ccccc2C(=O)C1S(=O)(=O)O. The molecule has 0 bridgehead atoms. The maximum Gasteiger partial charge on any atom is 0.367 e. The number of hydrogen-bond donors (Lipinski definition) is 3. The largest absolute Gasteiger partial charge is 0.508 e. The molecule has 9 nitrogen and oxygen atoms in total. The van der Waals surface area contributed by atoms with Gasteiger partial charge in [0.2, 0.25) is 0 Å². The van der Waals surface area contributed by atoms with Crippen molar-refractivity contribution in [2.24, 2.45) is 0 Å². The van der Waals surface area contributed by atoms with E-state index in [0.29, 0.717) is 11.5 Å². The van der Waals surface area contributed by atoms with Gasteiger partial charge in [0, 0.05) is 11.1 Å². The molecule has 1 aliphatic carbocycles. The predicted octanol–water partition coefficient (Wildman–Crippen LogP) is 2.78. The Kier molecular flexibility index (Phi) is 8.14. The number of fused-ring (bicyclic) bond motifs is 1. The Hall–Kier alpha value is -4.11. The van der Waals surface area contributed by atoms with Crippen molar-refractivity contribution in [2.75, 3.05) is 0 Å². The molecule has 0 heterocycles. The topological polar surface area (TPSA) is 165 Å². The van der Waals surface area contributed by atoms with Crippen LogP contribution in [0.3, 0.4) is 0 Å². The number of benzene rings is 3. The lowest BCUT2D eigenvalue weighted by molar-refractivity contribution is -0.00872. The van der Waals surface area contributed by atoms with Crippen molar-refractivity contribution in [1.29, 1.82) is 0 Å². The zero-order valence-corrected chi connectivity index (χ0v) is 17.3. The molecule has 32 heavy (non-hydrogen) atoms. The van der Waals surface area contributed by atoms with E-state index in [1.54, 1.807) is 48.5 Å². The van der Waals surface area contributed by atoms with E-state index in [1.165, 1.54) is 24.3 Å². The normalized spacial score (nSPS) is 14.7. The molecular formula is C22H18N2O7S. The summed E-state index contributed by atoms with van der Waals surface area (Å²) in [4.78, 5) is 26.3. The first kappa shape index (κ1) is 24.2. The third-order valence-corrected chi connectivity index (χ3v) is 5.11. The van der Waals surface area contributed by atoms with Crippen molar-refractivity contribution in [3.63, 3.8) is 0 Å². The standard InChI is InChI=1S/C10H6N2O5S.2C6H6O/c11-12-7-8(13)5-3-1-2-4-6(5)9(14)10(7)18(15,16)17;2*7-6-4-2-1-3-5-6/h1-4,10H,(H,15,16,17);2*1-5,7H. The highest BCUT2D eigenvalue weighted by Crippen LogP contribution is 2.22. The van der Waals surface area contributed by atoms with Crippen LogP contribution in [0, 0.1) is 0 Å². The third-order valence-electron chi connectivity index (χ3n) is 4.07. The molecule has 0 saturated heterocycles. The Morgan fingerprint density at radius 1 is 0.719 bits per heavy atom. The molecule has 10 heteroatoms. The summed E-state index contributed by atoms with van der Waals surface area (Å²) >= 11 is 0. The smallest absolute Gasteiger partial charge is 0.367 e. The maximum absolute atomic E-state index is 11.9. The van der Waals surface area contributed by atoms with E-state index in [-0.39, 0.29) is 11.1 Å². The highest BCUT2D eigenvalue weighted by atomic mass is 32.2. The first-order valence-electron chi connectivity index (χ1n) is 9.01. The lowest BCUT2D eigenvalue weighted by atomic mass is 9.88. The molecule has 1 unspecified atom stereocenters. The number of rotatable bonds is 1. The van der Waals surface area contributed by atoms with Gasteiger partial charge in [0.25, 0.3) is 21.2 Å². The van der Waals surface area contributed by atoms with Crippen molar-refractivity contribution < 1.29 is 37.6 Å². The lowest BCUT2D eigenvalue weighted by Gasteiger charge is -2.16. The quantitative estimate of drug-likeness (QED) is 0.289. The second kappa shape index (κ2) is 10.8. The molecule has 1 atom stereocenters. The van der Waals surface area contributed by atoms with Crippen LogP contribution in [-0.4, -0.2) is 50.5 Å². The van der Waals surface area contributed by atoms with Gasteiger partial charge in [-0.2, -0.15) is 13.2 Å². The Bertz CT molecular complexity index is 1220. The Labute approximate surface area is 183 Å². The number of Topliss-reactive ketones (excluding diaryl/α,β-unsaturated/α-hetero) is 2. The second-order valence-corrected chi connectivity index (χ2v) is 7.79. The van der Waals surface area contributed by atoms with Crippen LogP contribution in [0.5, 0.6) is 11.5 Å². The summed E-state index contributed by atoms with van der Waals surface area (Å²) < 4.78 is 31.2. The number of aromatic hydroxyl groups is 2. The fourth-order valence-electron chi connectivity index (χ4n) is 2.65. The van der Waals surface area contributed by atoms with Gasteiger partial charge < -0.3 is 15.7 Å². The van der Waals surface area contributed by atoms with Gasteiger partial charge in [-0.3, -0.25) is 14.1 Å². The van der Waals surface area contributed by atoms with E-state index in [4.69, 9.17) is 20.3 Å². The minimum absolute atomic E-state index is 0.0600. The molecule has 3 aromatic rings. The van der Waals surface area contributed by atoms with Crippen LogP contribution in [0.4, 0.5) is 0 Å². The van der Waals surface area contributed by atoms with E-state index in [2.05, 4.69) is 4.79 Å². The molecule has 0 aliphatic heterocycles. The van der Waals surface area contributed by atoms with Gasteiger partial charge in [-0.25, -0.2) is 0 Å². The molecule has 0 aromatic heterocycles. The van der Waals surface area contributed by atoms with Crippen LogP contribution >= 0.6 is 0 Å². The Morgan fingerprint density at radius 3 is 1.47 bits per heavy atom. The summed E-state index contributed by atoms with van der Waals surface area (Å²) in [6.45, 7) is 0. The van der Waals surface area contributed by atoms with Crippen molar-refractivity contribution in [3.05, 3.63) is 102 Å². The Balaban J connectivity index is 0.000000211. The summed E-state index contributed by atoms with van der Waals surface area (Å²) in [5, 5.41) is 15.1. The summed E-state index contributed by atoms with van der Waals surface area (Å²) in [7, 11) is -4.87. The van der Waals surface area contributed by atoms with Crippen molar-refractivity contribution in [3.8, 4) is 11.5 Å². The minimum Gasteiger partial charge on any atom is -0.508 e. The van der Waals surface area contributed by atoms with Crippen molar-refractivity contribution in [2.45, 2.75) is 5.25 Å². The van der Waals surface area contributed by atoms with E-state index in [0.717, 1.165) is 0 Å². The van der Waals surface area contributed by atoms with Gasteiger partial charge in [-0.15, -0.1) is 0 Å². The monoisotopic (exact) mass is 454 g/mol. The van der Waals surface area contributed by atoms with E-state index >= 15 is 0 Å². The fraction of sp³-hybridized carbons (Fsp3) is 0.0455. The number of hydrogen-bond acceptors (Lipinski definition) is 6. The molecule has 0 spiro atoms. The van der Waals surface area contributed by atoms with Gasteiger partial charge in [0.1, 0.15) is 11.5 Å². The first-order valence-corrected chi connectivity index (χ1v) is 10.5. The number of nitrogens with zero attached hydrogens (tertiary/aromatic N) is 2. The van der Waals surface area contributed by atoms with Gasteiger partial charge in [-0.05, 0) is 24.3 Å². The van der Waals surface area contributed by atoms with Crippen LogP contribution < -0.4 is 0 Å². The summed E-state index contributed by atoms with van der Waals surface area (Å²) in [5.74, 6) is -1.26. The van der Waals surface area contributed by atoms with Gasteiger partial charge in [0.15, 0.2) is 5.78 Å². The van der Waals surface area contributed by atoms with Gasteiger partial charge in [0.05, 0.1) is 0 Å². The highest BCUT2D eigenvalue weighted by molar-refractivity contribution is 7.88. The molecule has 164 valence electrons. The van der Waals surface area contributed by atoms with Crippen LogP contribution in [0.2, 0.25) is 0 Å². The molecule has 3 aromatic carbocycles. The minimum atomic E-state index is -4.87. The molecule has 0 fully saturated rings. The van der Waals surface area contributed by atoms with Crippen LogP contribution in [0.15, 0.2) is 84.9 Å². The van der Waals surface area contributed by atoms with Crippen LogP contribution in [0.25, 0.3) is 5.53 Å². The number of phenolic OH excluding ortho intramolecular Hbond substituents is 2. The zero-order chi connectivity index (χ0) is 23.7. The summed E-state index contributed by atoms with van der Waals surface area (Å²) in [6, 6.07) is 22.9. The van der Waals surface area contributed by atoms with Crippen LogP contribution in [-0.2, 0) is 10.1 Å². The molecule has 1 aliphatic rings. The lowest BCUT2D eigenvalue weighted by Crippen LogP contribution is -2.46. The second-order valence-electron chi connectivity index (χ2n) is 6.29. The number of para-hydroxylation sites is 2. The molecule has 4 rings (SSSR count). The Morgan fingerprint density at radius 2 is 1.12 bits per heavy atom. The number of phenols is 2. The zero-order valence-electron chi connectivity index (χ0n) is 16.4. The average Bonchev–Trinajstić information content (AvgIpc) is 2.77. The van der Waals surface area contributed by atoms with Gasteiger partial charge >= 0.3 is 5.71 Å². The van der Waals surface area contributed by atoms with Gasteiger partial charge in [-0.1, -0.05) is 60.7 Å². The molecular weight excluding hydrogens is 436 g/mol. The van der Waals surface area contributed by atoms with E-state index in [9.17, 15) is 18.0 Å². The number of carbonyl (C=O) groups is 2. The van der Waals surface area contributed by atoms with Crippen LogP contribution in [0.1, 0.15) is 20.7 Å². The first-order chi connectivity index (χ1) is 15.2. The van der Waals surface area contributed by atoms with E-state index < -0.39 is 32.6 Å². The van der Waals surface area contributed by atoms with E-state index in [1.807, 2.05) is 12.1 Å².